The Morgan fingerprint density at radius 1 is 0.521 bits per heavy atom. The highest BCUT2D eigenvalue weighted by Crippen LogP contribution is 2.48. The van der Waals surface area contributed by atoms with Gasteiger partial charge in [-0.25, -0.2) is 0 Å². The van der Waals surface area contributed by atoms with Crippen molar-refractivity contribution >= 4 is 67.2 Å². The molecule has 10 rings (SSSR count). The average Bonchev–Trinajstić information content (AvgIpc) is 3.10. The van der Waals surface area contributed by atoms with E-state index in [1.165, 1.54) is 76.9 Å². The number of fused-ring (bicyclic) bond motifs is 8. The van der Waals surface area contributed by atoms with Crippen molar-refractivity contribution in [3.05, 3.63) is 156 Å². The Balaban J connectivity index is 1.35. The van der Waals surface area contributed by atoms with Crippen LogP contribution in [0, 0.1) is 20.8 Å². The lowest BCUT2D eigenvalue weighted by Crippen LogP contribution is -2.56. The zero-order valence-electron chi connectivity index (χ0n) is 27.2. The quantitative estimate of drug-likeness (QED) is 0.180. The average molecular weight is 614 g/mol. The van der Waals surface area contributed by atoms with Gasteiger partial charge in [-0.3, -0.25) is 0 Å². The van der Waals surface area contributed by atoms with E-state index in [0.717, 1.165) is 28.1 Å². The summed E-state index contributed by atoms with van der Waals surface area (Å²) in [4.78, 5) is 2.49. The maximum Gasteiger partial charge on any atom is 0.431 e. The molecule has 0 spiro atoms. The predicted octanol–water partition coefficient (Wildman–Crippen LogP) is 10.7. The minimum Gasteiger partial charge on any atom is -0.550 e. The highest BCUT2D eigenvalue weighted by atomic mass is 16.4. The van der Waals surface area contributed by atoms with Gasteiger partial charge in [0.1, 0.15) is 5.75 Å². The van der Waals surface area contributed by atoms with Crippen LogP contribution < -0.4 is 20.5 Å². The van der Waals surface area contributed by atoms with Gasteiger partial charge >= 0.3 is 6.92 Å². The first-order chi connectivity index (χ1) is 23.5. The number of anilines is 3. The van der Waals surface area contributed by atoms with E-state index in [2.05, 4.69) is 165 Å². The van der Waals surface area contributed by atoms with Gasteiger partial charge in [0.15, 0.2) is 0 Å². The number of rotatable bonds is 2. The molecule has 8 aromatic rings. The fourth-order valence-electron chi connectivity index (χ4n) is 8.45. The Morgan fingerprint density at radius 3 is 1.94 bits per heavy atom. The number of hydrogen-bond donors (Lipinski definition) is 0. The molecule has 0 saturated heterocycles. The lowest BCUT2D eigenvalue weighted by molar-refractivity contribution is 0.597. The van der Waals surface area contributed by atoms with Crippen molar-refractivity contribution in [2.24, 2.45) is 0 Å². The van der Waals surface area contributed by atoms with Gasteiger partial charge in [-0.1, -0.05) is 115 Å². The first-order valence-corrected chi connectivity index (χ1v) is 16.8. The van der Waals surface area contributed by atoms with Crippen molar-refractivity contribution in [2.75, 3.05) is 4.90 Å². The molecule has 0 aromatic heterocycles. The van der Waals surface area contributed by atoms with E-state index in [0.29, 0.717) is 0 Å². The molecular formula is C45H32BNO. The summed E-state index contributed by atoms with van der Waals surface area (Å²) in [6, 6.07) is 51.5. The molecule has 0 fully saturated rings. The van der Waals surface area contributed by atoms with E-state index in [-0.39, 0.29) is 6.92 Å². The van der Waals surface area contributed by atoms with Gasteiger partial charge in [-0.2, -0.15) is 0 Å². The normalized spacial score (nSPS) is 13.0. The molecular weight excluding hydrogens is 581 g/mol. The molecule has 0 amide bonds. The summed E-state index contributed by atoms with van der Waals surface area (Å²) in [5.74, 6) is 0.962. The summed E-state index contributed by atoms with van der Waals surface area (Å²) in [6.45, 7) is 6.43. The summed E-state index contributed by atoms with van der Waals surface area (Å²) < 4.78 is 7.26. The van der Waals surface area contributed by atoms with Gasteiger partial charge in [0.25, 0.3) is 0 Å². The SMILES string of the molecule is Cc1cc(C)c(-c2cc3c4c(c2)N(c2ccc5ccccc5c2)c2cc5ccccc5cc2B4Oc2c-3ccc3ccccc23)c(C)c1. The highest BCUT2D eigenvalue weighted by molar-refractivity contribution is 6.86. The summed E-state index contributed by atoms with van der Waals surface area (Å²) >= 11 is 0. The number of benzene rings is 8. The highest BCUT2D eigenvalue weighted by Gasteiger charge is 2.43. The van der Waals surface area contributed by atoms with Crippen molar-refractivity contribution < 1.29 is 4.65 Å². The first kappa shape index (κ1) is 27.3. The van der Waals surface area contributed by atoms with Crippen LogP contribution >= 0.6 is 0 Å². The Hall–Kier alpha value is -5.80. The van der Waals surface area contributed by atoms with Gasteiger partial charge in [0.2, 0.25) is 0 Å². The third kappa shape index (κ3) is 3.94. The van der Waals surface area contributed by atoms with Crippen LogP contribution in [0.5, 0.6) is 5.75 Å². The maximum absolute atomic E-state index is 7.26. The Kier molecular flexibility index (Phi) is 5.75. The number of hydrogen-bond acceptors (Lipinski definition) is 2. The minimum absolute atomic E-state index is 0.251. The van der Waals surface area contributed by atoms with Gasteiger partial charge < -0.3 is 9.55 Å². The van der Waals surface area contributed by atoms with E-state index >= 15 is 0 Å². The van der Waals surface area contributed by atoms with Gasteiger partial charge in [-0.15, -0.1) is 0 Å². The van der Waals surface area contributed by atoms with Crippen LogP contribution in [0.2, 0.25) is 0 Å². The second-order valence-electron chi connectivity index (χ2n) is 13.5. The van der Waals surface area contributed by atoms with Crippen molar-refractivity contribution in [3.8, 4) is 28.0 Å². The molecule has 0 aliphatic carbocycles. The summed E-state index contributed by atoms with van der Waals surface area (Å²) in [6.07, 6.45) is 0. The minimum atomic E-state index is -0.251. The molecule has 0 saturated carbocycles. The molecule has 0 N–H and O–H groups in total. The molecule has 2 nitrogen and oxygen atoms in total. The topological polar surface area (TPSA) is 12.5 Å². The van der Waals surface area contributed by atoms with E-state index in [1.54, 1.807) is 0 Å². The lowest BCUT2D eigenvalue weighted by Gasteiger charge is -2.40. The van der Waals surface area contributed by atoms with Crippen LogP contribution in [0.3, 0.4) is 0 Å². The number of nitrogens with zero attached hydrogens (tertiary/aromatic N) is 1. The molecule has 0 bridgehead atoms. The van der Waals surface area contributed by atoms with Gasteiger partial charge in [0, 0.05) is 33.5 Å². The van der Waals surface area contributed by atoms with Crippen LogP contribution in [0.15, 0.2) is 140 Å². The molecule has 226 valence electrons. The Labute approximate surface area is 281 Å². The summed E-state index contributed by atoms with van der Waals surface area (Å²) in [5, 5.41) is 7.23. The van der Waals surface area contributed by atoms with Crippen molar-refractivity contribution in [2.45, 2.75) is 20.8 Å². The second kappa shape index (κ2) is 10.1. The second-order valence-corrected chi connectivity index (χ2v) is 13.5. The van der Waals surface area contributed by atoms with Gasteiger partial charge in [0.05, 0.1) is 0 Å². The standard InChI is InChI=1S/C45H32BNO/c1-27-20-28(2)43(29(3)21-27)35-23-39-38-19-17-31-11-8-9-15-37(31)45(38)48-46-40-24-33-13-6-7-14-34(33)25-41(40)47(42(26-35)44(39)46)36-18-16-30-10-4-5-12-32(30)22-36/h4-26H,1-3H3. The molecule has 2 heterocycles. The van der Waals surface area contributed by atoms with Crippen molar-refractivity contribution in [1.29, 1.82) is 0 Å². The summed E-state index contributed by atoms with van der Waals surface area (Å²) in [5.41, 5.74) is 14.7. The van der Waals surface area contributed by atoms with Crippen molar-refractivity contribution in [1.82, 2.24) is 0 Å². The van der Waals surface area contributed by atoms with Crippen LogP contribution in [-0.4, -0.2) is 6.92 Å². The van der Waals surface area contributed by atoms with Crippen molar-refractivity contribution in [3.63, 3.8) is 0 Å². The van der Waals surface area contributed by atoms with Crippen LogP contribution in [0.1, 0.15) is 16.7 Å². The largest absolute Gasteiger partial charge is 0.550 e. The monoisotopic (exact) mass is 613 g/mol. The van der Waals surface area contributed by atoms with Crippen LogP contribution in [0.4, 0.5) is 17.1 Å². The smallest absolute Gasteiger partial charge is 0.431 e. The predicted molar refractivity (Wildman–Crippen MR) is 204 cm³/mol. The van der Waals surface area contributed by atoms with E-state index in [9.17, 15) is 0 Å². The van der Waals surface area contributed by atoms with Gasteiger partial charge in [-0.05, 0) is 111 Å². The third-order valence-corrected chi connectivity index (χ3v) is 10.4. The molecule has 0 unspecified atom stereocenters. The van der Waals surface area contributed by atoms with E-state index in [4.69, 9.17) is 4.65 Å². The Bertz CT molecular complexity index is 2630. The number of aryl methyl sites for hydroxylation is 3. The molecule has 8 aromatic carbocycles. The molecule has 0 radical (unpaired) electrons. The zero-order chi connectivity index (χ0) is 32.1. The lowest BCUT2D eigenvalue weighted by atomic mass is 9.49. The van der Waals surface area contributed by atoms with Crippen LogP contribution in [0.25, 0.3) is 54.6 Å². The molecule has 2 aliphatic rings. The Morgan fingerprint density at radius 2 is 1.17 bits per heavy atom. The molecule has 0 atom stereocenters. The fourth-order valence-corrected chi connectivity index (χ4v) is 8.45. The van der Waals surface area contributed by atoms with E-state index < -0.39 is 0 Å². The maximum atomic E-state index is 7.26. The summed E-state index contributed by atoms with van der Waals surface area (Å²) in [7, 11) is 0. The first-order valence-electron chi connectivity index (χ1n) is 16.8. The van der Waals surface area contributed by atoms with Crippen LogP contribution in [-0.2, 0) is 0 Å². The third-order valence-electron chi connectivity index (χ3n) is 10.4. The van der Waals surface area contributed by atoms with E-state index in [1.807, 2.05) is 0 Å². The molecule has 48 heavy (non-hydrogen) atoms. The zero-order valence-corrected chi connectivity index (χ0v) is 27.2. The molecule has 3 heteroatoms. The molecule has 2 aliphatic heterocycles. The fraction of sp³-hybridized carbons (Fsp3) is 0.0667.